The molecule has 0 saturated carbocycles. The molecule has 1 unspecified atom stereocenters. The average Bonchev–Trinajstić information content (AvgIpc) is 2.35. The van der Waals surface area contributed by atoms with Crippen molar-refractivity contribution >= 4 is 10.0 Å². The van der Waals surface area contributed by atoms with E-state index in [4.69, 9.17) is 11.0 Å². The van der Waals surface area contributed by atoms with Gasteiger partial charge >= 0.3 is 0 Å². The summed E-state index contributed by atoms with van der Waals surface area (Å²) in [5, 5.41) is 8.78. The fourth-order valence-electron chi connectivity index (χ4n) is 1.28. The molecule has 1 rings (SSSR count). The predicted molar refractivity (Wildman–Crippen MR) is 64.6 cm³/mol. The van der Waals surface area contributed by atoms with Crippen LogP contribution in [-0.4, -0.2) is 21.0 Å². The van der Waals surface area contributed by atoms with E-state index in [0.29, 0.717) is 6.42 Å². The van der Waals surface area contributed by atoms with Crippen molar-refractivity contribution in [3.05, 3.63) is 29.6 Å². The van der Waals surface area contributed by atoms with E-state index in [9.17, 15) is 12.8 Å². The molecule has 0 spiro atoms. The Balaban J connectivity index is 3.07. The topological polar surface area (TPSA) is 96.0 Å². The number of hydrogen-bond acceptors (Lipinski definition) is 4. The van der Waals surface area contributed by atoms with E-state index >= 15 is 0 Å². The molecular weight excluding hydrogens is 257 g/mol. The summed E-state index contributed by atoms with van der Waals surface area (Å²) in [7, 11) is -3.92. The maximum Gasteiger partial charge on any atom is 0.242 e. The minimum Gasteiger partial charge on any atom is -0.327 e. The lowest BCUT2D eigenvalue weighted by Crippen LogP contribution is -2.37. The molecule has 0 amide bonds. The molecule has 0 aromatic heterocycles. The number of sulfonamides is 1. The molecule has 0 saturated heterocycles. The zero-order valence-electron chi connectivity index (χ0n) is 9.85. The second-order valence-corrected chi connectivity index (χ2v) is 5.48. The van der Waals surface area contributed by atoms with E-state index in [1.165, 1.54) is 12.1 Å². The number of nitrogens with zero attached hydrogens (tertiary/aromatic N) is 1. The molecule has 0 bridgehead atoms. The van der Waals surface area contributed by atoms with Crippen LogP contribution in [0.2, 0.25) is 0 Å². The van der Waals surface area contributed by atoms with E-state index in [0.717, 1.165) is 6.07 Å². The van der Waals surface area contributed by atoms with Crippen LogP contribution in [0, 0.1) is 17.1 Å². The van der Waals surface area contributed by atoms with Gasteiger partial charge in [-0.1, -0.05) is 13.0 Å². The first-order valence-corrected chi connectivity index (χ1v) is 6.84. The van der Waals surface area contributed by atoms with Gasteiger partial charge in [0, 0.05) is 12.6 Å². The summed E-state index contributed by atoms with van der Waals surface area (Å²) in [5.74, 6) is -0.861. The first kappa shape index (κ1) is 14.6. The third-order valence-corrected chi connectivity index (χ3v) is 3.90. The molecule has 0 heterocycles. The van der Waals surface area contributed by atoms with Crippen molar-refractivity contribution in [1.29, 1.82) is 5.26 Å². The van der Waals surface area contributed by atoms with Gasteiger partial charge in [-0.15, -0.1) is 0 Å². The molecule has 0 aliphatic rings. The molecular formula is C11H14FN3O2S. The second-order valence-electron chi connectivity index (χ2n) is 3.75. The average molecular weight is 271 g/mol. The summed E-state index contributed by atoms with van der Waals surface area (Å²) in [6.07, 6.45) is 0.608. The van der Waals surface area contributed by atoms with Crippen molar-refractivity contribution in [2.24, 2.45) is 5.73 Å². The number of rotatable bonds is 5. The number of halogens is 1. The molecule has 1 aromatic carbocycles. The van der Waals surface area contributed by atoms with Crippen molar-refractivity contribution in [2.45, 2.75) is 24.3 Å². The standard InChI is InChI=1S/C11H14FN3O2S/c1-2-8(14)7-15-18(16,17)11-5-3-4-10(12)9(11)6-13/h3-5,8,15H,2,7,14H2,1H3. The fourth-order valence-corrected chi connectivity index (χ4v) is 2.53. The molecule has 0 aliphatic heterocycles. The Kier molecular flexibility index (Phi) is 4.78. The van der Waals surface area contributed by atoms with Gasteiger partial charge in [-0.25, -0.2) is 17.5 Å². The van der Waals surface area contributed by atoms with Crippen LogP contribution in [0.15, 0.2) is 23.1 Å². The molecule has 98 valence electrons. The van der Waals surface area contributed by atoms with E-state index in [2.05, 4.69) is 4.72 Å². The van der Waals surface area contributed by atoms with Crippen molar-refractivity contribution in [2.75, 3.05) is 6.54 Å². The van der Waals surface area contributed by atoms with Crippen molar-refractivity contribution < 1.29 is 12.8 Å². The maximum atomic E-state index is 13.3. The third kappa shape index (κ3) is 3.26. The Morgan fingerprint density at radius 2 is 2.22 bits per heavy atom. The molecule has 1 aromatic rings. The predicted octanol–water partition coefficient (Wildman–Crippen LogP) is 0.713. The van der Waals surface area contributed by atoms with E-state index in [1.54, 1.807) is 6.07 Å². The van der Waals surface area contributed by atoms with Gasteiger partial charge in [-0.2, -0.15) is 5.26 Å². The van der Waals surface area contributed by atoms with Gasteiger partial charge in [0.25, 0.3) is 0 Å². The van der Waals surface area contributed by atoms with Crippen LogP contribution in [0.5, 0.6) is 0 Å². The fraction of sp³-hybridized carbons (Fsp3) is 0.364. The minimum atomic E-state index is -3.92. The maximum absolute atomic E-state index is 13.3. The van der Waals surface area contributed by atoms with Crippen LogP contribution < -0.4 is 10.5 Å². The van der Waals surface area contributed by atoms with Gasteiger partial charge in [0.15, 0.2) is 0 Å². The second kappa shape index (κ2) is 5.91. The Morgan fingerprint density at radius 1 is 1.56 bits per heavy atom. The zero-order valence-corrected chi connectivity index (χ0v) is 10.7. The van der Waals surface area contributed by atoms with Crippen LogP contribution in [0.3, 0.4) is 0 Å². The first-order chi connectivity index (χ1) is 8.42. The number of nitriles is 1. The van der Waals surface area contributed by atoms with E-state index in [1.807, 2.05) is 6.92 Å². The Bertz CT molecular complexity index is 566. The van der Waals surface area contributed by atoms with Gasteiger partial charge in [0.2, 0.25) is 10.0 Å². The van der Waals surface area contributed by atoms with Crippen LogP contribution in [0.25, 0.3) is 0 Å². The van der Waals surface area contributed by atoms with Gasteiger partial charge in [-0.05, 0) is 18.6 Å². The van der Waals surface area contributed by atoms with Gasteiger partial charge in [0.05, 0.1) is 0 Å². The molecule has 5 nitrogen and oxygen atoms in total. The van der Waals surface area contributed by atoms with E-state index < -0.39 is 21.4 Å². The Labute approximate surface area is 105 Å². The lowest BCUT2D eigenvalue weighted by Gasteiger charge is -2.11. The van der Waals surface area contributed by atoms with Crippen molar-refractivity contribution in [1.82, 2.24) is 4.72 Å². The number of nitrogens with one attached hydrogen (secondary N) is 1. The molecule has 18 heavy (non-hydrogen) atoms. The highest BCUT2D eigenvalue weighted by Gasteiger charge is 2.21. The third-order valence-electron chi connectivity index (χ3n) is 2.44. The van der Waals surface area contributed by atoms with Crippen molar-refractivity contribution in [3.63, 3.8) is 0 Å². The Morgan fingerprint density at radius 3 is 2.78 bits per heavy atom. The molecule has 0 fully saturated rings. The minimum absolute atomic E-state index is 0.0419. The summed E-state index contributed by atoms with van der Waals surface area (Å²) in [4.78, 5) is -0.367. The van der Waals surface area contributed by atoms with Crippen LogP contribution in [0.1, 0.15) is 18.9 Å². The van der Waals surface area contributed by atoms with Crippen LogP contribution in [-0.2, 0) is 10.0 Å². The monoisotopic (exact) mass is 271 g/mol. The highest BCUT2D eigenvalue weighted by atomic mass is 32.2. The highest BCUT2D eigenvalue weighted by Crippen LogP contribution is 2.17. The quantitative estimate of drug-likeness (QED) is 0.824. The largest absolute Gasteiger partial charge is 0.327 e. The molecule has 3 N–H and O–H groups in total. The summed E-state index contributed by atoms with van der Waals surface area (Å²) in [5.41, 5.74) is 5.10. The molecule has 1 atom stereocenters. The normalized spacial score (nSPS) is 13.0. The van der Waals surface area contributed by atoms with Crippen LogP contribution >= 0.6 is 0 Å². The highest BCUT2D eigenvalue weighted by molar-refractivity contribution is 7.89. The summed E-state index contributed by atoms with van der Waals surface area (Å²) < 4.78 is 39.4. The lowest BCUT2D eigenvalue weighted by molar-refractivity contribution is 0.561. The summed E-state index contributed by atoms with van der Waals surface area (Å²) >= 11 is 0. The van der Waals surface area contributed by atoms with Gasteiger partial charge < -0.3 is 5.73 Å². The zero-order chi connectivity index (χ0) is 13.8. The molecule has 7 heteroatoms. The summed E-state index contributed by atoms with van der Waals surface area (Å²) in [6, 6.07) is 4.69. The smallest absolute Gasteiger partial charge is 0.242 e. The number of hydrogen-bond donors (Lipinski definition) is 2. The van der Waals surface area contributed by atoms with Crippen LogP contribution in [0.4, 0.5) is 4.39 Å². The number of nitrogens with two attached hydrogens (primary N) is 1. The SMILES string of the molecule is CCC(N)CNS(=O)(=O)c1cccc(F)c1C#N. The lowest BCUT2D eigenvalue weighted by atomic mass is 10.2. The van der Waals surface area contributed by atoms with Crippen molar-refractivity contribution in [3.8, 4) is 6.07 Å². The first-order valence-electron chi connectivity index (χ1n) is 5.36. The van der Waals surface area contributed by atoms with E-state index in [-0.39, 0.29) is 17.5 Å². The summed E-state index contributed by atoms with van der Waals surface area (Å²) in [6.45, 7) is 1.86. The molecule has 0 aliphatic carbocycles. The van der Waals surface area contributed by atoms with Gasteiger partial charge in [0.1, 0.15) is 22.3 Å². The van der Waals surface area contributed by atoms with Gasteiger partial charge in [-0.3, -0.25) is 0 Å². The Hall–Kier alpha value is -1.49. The molecule has 0 radical (unpaired) electrons. The number of benzene rings is 1.